The van der Waals surface area contributed by atoms with Crippen molar-refractivity contribution in [3.63, 3.8) is 0 Å². The molecule has 0 aliphatic rings. The smallest absolute Gasteiger partial charge is 0.280 e. The minimum absolute atomic E-state index is 0. The molecule has 0 atom stereocenters. The molecule has 2 aromatic carbocycles. The topological polar surface area (TPSA) is 116 Å². The minimum Gasteiger partial charge on any atom is -0.370 e. The van der Waals surface area contributed by atoms with Crippen molar-refractivity contribution in [2.75, 3.05) is 6.26 Å². The molecule has 0 heterocycles. The number of aliphatic imine (C=N–C) groups is 1. The maximum atomic E-state index is 12.1. The minimum atomic E-state index is -3.63. The Morgan fingerprint density at radius 1 is 1.12 bits per heavy atom. The fourth-order valence-corrected chi connectivity index (χ4v) is 4.72. The molecule has 2 aromatic rings. The number of carbonyl (C=O) groups excluding carboxylic acids is 1. The molecule has 0 radical (unpaired) electrons. The molecule has 0 saturated carbocycles. The molecule has 0 aliphatic heterocycles. The quantitative estimate of drug-likeness (QED) is 0.540. The number of guanidine groups is 1. The van der Waals surface area contributed by atoms with Gasteiger partial charge in [-0.2, -0.15) is 4.99 Å². The number of nitrogens with zero attached hydrogens (tertiary/aromatic N) is 1. The average Bonchev–Trinajstić information content (AvgIpc) is 2.49. The summed E-state index contributed by atoms with van der Waals surface area (Å²) in [5.41, 5.74) is 10.4. The van der Waals surface area contributed by atoms with Crippen molar-refractivity contribution in [3.05, 3.63) is 52.0 Å². The highest BCUT2D eigenvalue weighted by molar-refractivity contribution is 8.00. The summed E-state index contributed by atoms with van der Waals surface area (Å²) in [5, 5.41) is 0.773. The van der Waals surface area contributed by atoms with Gasteiger partial charge in [0.1, 0.15) is 0 Å². The standard InChI is InChI=1S/C15H13Cl2N3O3S2.ClH/c1-25(22,23)12-7-8(14(21)20-15(18)19)5-6-11(12)24-13-9(16)3-2-4-10(13)17;/h2-7H,1H3,(H4,18,19,20,21);1H. The van der Waals surface area contributed by atoms with E-state index in [-0.39, 0.29) is 22.9 Å². The molecule has 6 nitrogen and oxygen atoms in total. The van der Waals surface area contributed by atoms with Crippen LogP contribution >= 0.6 is 47.4 Å². The van der Waals surface area contributed by atoms with Crippen LogP contribution in [0.25, 0.3) is 0 Å². The number of rotatable bonds is 4. The van der Waals surface area contributed by atoms with Crippen LogP contribution in [0.2, 0.25) is 10.0 Å². The molecule has 0 aromatic heterocycles. The maximum Gasteiger partial charge on any atom is 0.280 e. The molecule has 0 fully saturated rings. The van der Waals surface area contributed by atoms with Crippen molar-refractivity contribution in [1.29, 1.82) is 0 Å². The molecular formula is C15H14Cl3N3O3S2. The van der Waals surface area contributed by atoms with Crippen molar-refractivity contribution < 1.29 is 13.2 Å². The van der Waals surface area contributed by atoms with E-state index in [2.05, 4.69) is 4.99 Å². The van der Waals surface area contributed by atoms with E-state index in [4.69, 9.17) is 34.7 Å². The van der Waals surface area contributed by atoms with Crippen LogP contribution in [0, 0.1) is 0 Å². The monoisotopic (exact) mass is 453 g/mol. The van der Waals surface area contributed by atoms with Gasteiger partial charge in [-0.25, -0.2) is 8.42 Å². The first kappa shape index (κ1) is 22.6. The summed E-state index contributed by atoms with van der Waals surface area (Å²) < 4.78 is 24.3. The Labute approximate surface area is 171 Å². The third kappa shape index (κ3) is 5.52. The first-order valence-corrected chi connectivity index (χ1v) is 10.2. The van der Waals surface area contributed by atoms with Gasteiger partial charge in [0, 0.05) is 21.6 Å². The summed E-state index contributed by atoms with van der Waals surface area (Å²) in [6.45, 7) is 0. The summed E-state index contributed by atoms with van der Waals surface area (Å²) in [6, 6.07) is 9.10. The van der Waals surface area contributed by atoms with Crippen LogP contribution in [-0.2, 0) is 9.84 Å². The summed E-state index contributed by atoms with van der Waals surface area (Å²) in [5.74, 6) is -1.15. The lowest BCUT2D eigenvalue weighted by molar-refractivity contribution is 0.100. The number of hydrogen-bond donors (Lipinski definition) is 2. The molecule has 0 bridgehead atoms. The first-order valence-electron chi connectivity index (χ1n) is 6.69. The van der Waals surface area contributed by atoms with E-state index in [9.17, 15) is 13.2 Å². The van der Waals surface area contributed by atoms with Gasteiger partial charge in [-0.3, -0.25) is 4.79 Å². The second-order valence-electron chi connectivity index (χ2n) is 4.93. The van der Waals surface area contributed by atoms with Crippen molar-refractivity contribution in [2.45, 2.75) is 14.7 Å². The number of sulfone groups is 1. The molecule has 2 rings (SSSR count). The summed E-state index contributed by atoms with van der Waals surface area (Å²) >= 11 is 13.4. The van der Waals surface area contributed by atoms with Crippen LogP contribution in [0.5, 0.6) is 0 Å². The number of hydrogen-bond acceptors (Lipinski definition) is 4. The van der Waals surface area contributed by atoms with Gasteiger partial charge >= 0.3 is 0 Å². The van der Waals surface area contributed by atoms with Crippen molar-refractivity contribution in [1.82, 2.24) is 0 Å². The van der Waals surface area contributed by atoms with Gasteiger partial charge in [-0.15, -0.1) is 12.4 Å². The van der Waals surface area contributed by atoms with Crippen LogP contribution in [0.4, 0.5) is 0 Å². The van der Waals surface area contributed by atoms with E-state index in [1.54, 1.807) is 18.2 Å². The zero-order valence-electron chi connectivity index (χ0n) is 13.3. The molecule has 0 aliphatic carbocycles. The fourth-order valence-electron chi connectivity index (χ4n) is 1.89. The molecule has 11 heteroatoms. The van der Waals surface area contributed by atoms with Gasteiger partial charge in [0.05, 0.1) is 14.9 Å². The molecule has 0 unspecified atom stereocenters. The van der Waals surface area contributed by atoms with Crippen molar-refractivity contribution in [2.24, 2.45) is 16.5 Å². The van der Waals surface area contributed by atoms with Crippen LogP contribution in [0.1, 0.15) is 10.4 Å². The van der Waals surface area contributed by atoms with E-state index in [1.165, 1.54) is 18.2 Å². The molecule has 1 amide bonds. The number of carbonyl (C=O) groups is 1. The van der Waals surface area contributed by atoms with Crippen molar-refractivity contribution >= 4 is 69.1 Å². The molecule has 140 valence electrons. The SMILES string of the molecule is CS(=O)(=O)c1cc(C(=O)N=C(N)N)ccc1Sc1c(Cl)cccc1Cl.Cl. The predicted octanol–water partition coefficient (Wildman–Crippen LogP) is 3.38. The Morgan fingerprint density at radius 3 is 2.19 bits per heavy atom. The number of benzene rings is 2. The largest absolute Gasteiger partial charge is 0.370 e. The molecule has 0 spiro atoms. The third-order valence-electron chi connectivity index (χ3n) is 2.95. The number of halogens is 3. The second kappa shape index (κ2) is 8.96. The second-order valence-corrected chi connectivity index (χ2v) is 8.78. The van der Waals surface area contributed by atoms with Crippen LogP contribution in [0.3, 0.4) is 0 Å². The summed E-state index contributed by atoms with van der Waals surface area (Å²) in [6.07, 6.45) is 1.04. The zero-order valence-corrected chi connectivity index (χ0v) is 17.2. The Morgan fingerprint density at radius 2 is 1.69 bits per heavy atom. The third-order valence-corrected chi connectivity index (χ3v) is 6.29. The van der Waals surface area contributed by atoms with Crippen LogP contribution in [-0.4, -0.2) is 26.5 Å². The average molecular weight is 455 g/mol. The fraction of sp³-hybridized carbons (Fsp3) is 0.0667. The molecule has 26 heavy (non-hydrogen) atoms. The zero-order chi connectivity index (χ0) is 18.8. The number of amides is 1. The summed E-state index contributed by atoms with van der Waals surface area (Å²) in [7, 11) is -3.63. The Balaban J connectivity index is 0.00000338. The lowest BCUT2D eigenvalue weighted by Gasteiger charge is -2.11. The Bertz CT molecular complexity index is 955. The summed E-state index contributed by atoms with van der Waals surface area (Å²) in [4.78, 5) is 16.2. The van der Waals surface area contributed by atoms with Gasteiger partial charge < -0.3 is 11.5 Å². The highest BCUT2D eigenvalue weighted by Gasteiger charge is 2.19. The molecule has 4 N–H and O–H groups in total. The van der Waals surface area contributed by atoms with Gasteiger partial charge in [0.15, 0.2) is 15.8 Å². The van der Waals surface area contributed by atoms with E-state index in [0.717, 1.165) is 18.0 Å². The van der Waals surface area contributed by atoms with E-state index in [1.807, 2.05) is 0 Å². The highest BCUT2D eigenvalue weighted by atomic mass is 35.5. The van der Waals surface area contributed by atoms with E-state index in [0.29, 0.717) is 19.8 Å². The molecular weight excluding hydrogens is 441 g/mol. The number of nitrogens with two attached hydrogens (primary N) is 2. The van der Waals surface area contributed by atoms with Crippen LogP contribution < -0.4 is 11.5 Å². The lowest BCUT2D eigenvalue weighted by Crippen LogP contribution is -2.24. The van der Waals surface area contributed by atoms with Crippen LogP contribution in [0.15, 0.2) is 56.1 Å². The molecule has 0 saturated heterocycles. The highest BCUT2D eigenvalue weighted by Crippen LogP contribution is 2.41. The first-order chi connectivity index (χ1) is 11.6. The maximum absolute atomic E-state index is 12.1. The van der Waals surface area contributed by atoms with E-state index < -0.39 is 21.7 Å². The van der Waals surface area contributed by atoms with Gasteiger partial charge in [-0.1, -0.05) is 41.0 Å². The van der Waals surface area contributed by atoms with Crippen molar-refractivity contribution in [3.8, 4) is 0 Å². The Kier molecular flexibility index (Phi) is 7.79. The predicted molar refractivity (Wildman–Crippen MR) is 108 cm³/mol. The lowest BCUT2D eigenvalue weighted by atomic mass is 10.2. The normalized spacial score (nSPS) is 10.7. The van der Waals surface area contributed by atoms with E-state index >= 15 is 0 Å². The Hall–Kier alpha value is -1.45. The van der Waals surface area contributed by atoms with Gasteiger partial charge in [-0.05, 0) is 30.3 Å². The van der Waals surface area contributed by atoms with Gasteiger partial charge in [0.25, 0.3) is 5.91 Å². The van der Waals surface area contributed by atoms with Gasteiger partial charge in [0.2, 0.25) is 0 Å².